The van der Waals surface area contributed by atoms with Crippen molar-refractivity contribution in [3.05, 3.63) is 64.0 Å². The number of nitro benzene ring substituents is 1. The van der Waals surface area contributed by atoms with E-state index in [0.717, 1.165) is 0 Å². The number of hydrogen-bond acceptors (Lipinski definition) is 5. The first kappa shape index (κ1) is 14.4. The first-order valence-corrected chi connectivity index (χ1v) is 6.18. The van der Waals surface area contributed by atoms with E-state index in [0.29, 0.717) is 5.69 Å². The number of carbonyl (C=O) groups is 1. The third kappa shape index (κ3) is 3.33. The Hall–Kier alpha value is -2.96. The van der Waals surface area contributed by atoms with Crippen LogP contribution in [0.3, 0.4) is 0 Å². The van der Waals surface area contributed by atoms with E-state index in [1.54, 1.807) is 25.3 Å². The zero-order valence-electron chi connectivity index (χ0n) is 11.2. The lowest BCUT2D eigenvalue weighted by atomic mass is 10.1. The first-order chi connectivity index (χ1) is 9.99. The number of nitro groups is 1. The highest BCUT2D eigenvalue weighted by atomic mass is 16.6. The second-order valence-corrected chi connectivity index (χ2v) is 4.41. The lowest BCUT2D eigenvalue weighted by Gasteiger charge is -2.16. The molecule has 0 amide bonds. The number of non-ortho nitro benzene ring substituents is 1. The van der Waals surface area contributed by atoms with Gasteiger partial charge in [-0.15, -0.1) is 0 Å². The van der Waals surface area contributed by atoms with E-state index in [1.807, 2.05) is 6.07 Å². The van der Waals surface area contributed by atoms with E-state index < -0.39 is 10.9 Å². The minimum Gasteiger partial charge on any atom is -0.478 e. The summed E-state index contributed by atoms with van der Waals surface area (Å²) < 4.78 is 0. The molecule has 0 aliphatic rings. The molecule has 0 saturated carbocycles. The van der Waals surface area contributed by atoms with Crippen LogP contribution in [0.25, 0.3) is 0 Å². The van der Waals surface area contributed by atoms with E-state index >= 15 is 0 Å². The molecule has 0 aliphatic heterocycles. The van der Waals surface area contributed by atoms with Crippen molar-refractivity contribution < 1.29 is 14.8 Å². The maximum atomic E-state index is 11.2. The number of carboxylic acids is 1. The smallest absolute Gasteiger partial charge is 0.337 e. The third-order valence-electron chi connectivity index (χ3n) is 2.95. The molecule has 0 fully saturated rings. The van der Waals surface area contributed by atoms with E-state index in [2.05, 4.69) is 10.3 Å². The van der Waals surface area contributed by atoms with E-state index in [9.17, 15) is 14.9 Å². The molecule has 1 heterocycles. The summed E-state index contributed by atoms with van der Waals surface area (Å²) >= 11 is 0. The summed E-state index contributed by atoms with van der Waals surface area (Å²) in [6.07, 6.45) is 1.62. The molecule has 0 bridgehead atoms. The van der Waals surface area contributed by atoms with Crippen LogP contribution in [0.1, 0.15) is 29.0 Å². The minimum absolute atomic E-state index is 0.0246. The van der Waals surface area contributed by atoms with Crippen LogP contribution in [0.5, 0.6) is 0 Å². The zero-order chi connectivity index (χ0) is 15.4. The highest BCUT2D eigenvalue weighted by Crippen LogP contribution is 2.26. The van der Waals surface area contributed by atoms with Crippen molar-refractivity contribution in [2.75, 3.05) is 5.32 Å². The van der Waals surface area contributed by atoms with Crippen LogP contribution >= 0.6 is 0 Å². The fourth-order valence-electron chi connectivity index (χ4n) is 1.89. The molecule has 21 heavy (non-hydrogen) atoms. The third-order valence-corrected chi connectivity index (χ3v) is 2.95. The molecule has 1 aromatic carbocycles. The Kier molecular flexibility index (Phi) is 4.13. The molecule has 2 rings (SSSR count). The minimum atomic E-state index is -1.15. The van der Waals surface area contributed by atoms with Crippen LogP contribution in [0.2, 0.25) is 0 Å². The van der Waals surface area contributed by atoms with Crippen molar-refractivity contribution >= 4 is 17.3 Å². The number of nitrogens with zero attached hydrogens (tertiary/aromatic N) is 2. The number of nitrogens with one attached hydrogen (secondary N) is 1. The Morgan fingerprint density at radius 2 is 2.14 bits per heavy atom. The Morgan fingerprint density at radius 1 is 1.38 bits per heavy atom. The lowest BCUT2D eigenvalue weighted by molar-refractivity contribution is -0.384. The maximum Gasteiger partial charge on any atom is 0.337 e. The fourth-order valence-corrected chi connectivity index (χ4v) is 1.89. The Bertz CT molecular complexity index is 673. The number of carboxylic acid groups (broad SMARTS) is 1. The van der Waals surface area contributed by atoms with Gasteiger partial charge in [-0.25, -0.2) is 4.79 Å². The number of pyridine rings is 1. The van der Waals surface area contributed by atoms with Gasteiger partial charge >= 0.3 is 5.97 Å². The van der Waals surface area contributed by atoms with Crippen molar-refractivity contribution in [1.29, 1.82) is 0 Å². The normalized spacial score (nSPS) is 11.7. The molecular weight excluding hydrogens is 274 g/mol. The molecule has 0 saturated heterocycles. The molecule has 7 nitrogen and oxygen atoms in total. The summed E-state index contributed by atoms with van der Waals surface area (Å²) in [6.45, 7) is 1.80. The molecule has 7 heteroatoms. The van der Waals surface area contributed by atoms with Gasteiger partial charge in [0.2, 0.25) is 0 Å². The number of aromatic carboxylic acids is 1. The van der Waals surface area contributed by atoms with Crippen LogP contribution < -0.4 is 5.32 Å². The molecule has 2 N–H and O–H groups in total. The van der Waals surface area contributed by atoms with Gasteiger partial charge in [-0.2, -0.15) is 0 Å². The summed E-state index contributed by atoms with van der Waals surface area (Å²) in [4.78, 5) is 25.6. The molecule has 1 aromatic heterocycles. The topological polar surface area (TPSA) is 105 Å². The number of aromatic nitrogens is 1. The van der Waals surface area contributed by atoms with E-state index in [1.165, 1.54) is 18.2 Å². The van der Waals surface area contributed by atoms with Crippen LogP contribution in [0.4, 0.5) is 11.4 Å². The van der Waals surface area contributed by atoms with Crippen molar-refractivity contribution in [2.45, 2.75) is 13.0 Å². The van der Waals surface area contributed by atoms with Gasteiger partial charge < -0.3 is 10.4 Å². The number of rotatable bonds is 5. The van der Waals surface area contributed by atoms with E-state index in [4.69, 9.17) is 5.11 Å². The summed E-state index contributed by atoms with van der Waals surface area (Å²) in [7, 11) is 0. The first-order valence-electron chi connectivity index (χ1n) is 6.18. The molecule has 1 atom stereocenters. The lowest BCUT2D eigenvalue weighted by Crippen LogP contribution is -2.12. The van der Waals surface area contributed by atoms with Gasteiger partial charge in [0.25, 0.3) is 5.69 Å². The molecule has 0 radical (unpaired) electrons. The number of anilines is 1. The quantitative estimate of drug-likeness (QED) is 0.647. The van der Waals surface area contributed by atoms with Crippen molar-refractivity contribution in [3.63, 3.8) is 0 Å². The second-order valence-electron chi connectivity index (χ2n) is 4.41. The fraction of sp³-hybridized carbons (Fsp3) is 0.143. The molecule has 1 unspecified atom stereocenters. The van der Waals surface area contributed by atoms with Gasteiger partial charge in [-0.3, -0.25) is 15.1 Å². The predicted octanol–water partition coefficient (Wildman–Crippen LogP) is 2.86. The Labute approximate surface area is 120 Å². The Morgan fingerprint density at radius 3 is 2.71 bits per heavy atom. The van der Waals surface area contributed by atoms with Crippen LogP contribution in [-0.4, -0.2) is 21.0 Å². The van der Waals surface area contributed by atoms with E-state index in [-0.39, 0.29) is 23.0 Å². The van der Waals surface area contributed by atoms with Gasteiger partial charge in [-0.05, 0) is 25.1 Å². The van der Waals surface area contributed by atoms with Gasteiger partial charge in [0, 0.05) is 18.3 Å². The SMILES string of the molecule is CC(Nc1cc([N+](=O)[O-])ccc1C(=O)O)c1ccccn1. The van der Waals surface area contributed by atoms with Crippen molar-refractivity contribution in [3.8, 4) is 0 Å². The molecule has 108 valence electrons. The van der Waals surface area contributed by atoms with Crippen molar-refractivity contribution in [2.24, 2.45) is 0 Å². The molecular formula is C14H13N3O4. The average Bonchev–Trinajstić information content (AvgIpc) is 2.47. The van der Waals surface area contributed by atoms with Gasteiger partial charge in [-0.1, -0.05) is 6.07 Å². The second kappa shape index (κ2) is 6.00. The van der Waals surface area contributed by atoms with Crippen LogP contribution in [0.15, 0.2) is 42.6 Å². The standard InChI is InChI=1S/C14H13N3O4/c1-9(12-4-2-3-7-15-12)16-13-8-10(17(20)21)5-6-11(13)14(18)19/h2-9,16H,1H3,(H,18,19). The van der Waals surface area contributed by atoms with Crippen molar-refractivity contribution in [1.82, 2.24) is 4.98 Å². The van der Waals surface area contributed by atoms with Crippen LogP contribution in [-0.2, 0) is 0 Å². The molecule has 0 aliphatic carbocycles. The summed E-state index contributed by atoms with van der Waals surface area (Å²) in [5.74, 6) is -1.15. The maximum absolute atomic E-state index is 11.2. The van der Waals surface area contributed by atoms with Gasteiger partial charge in [0.1, 0.15) is 0 Å². The highest BCUT2D eigenvalue weighted by molar-refractivity contribution is 5.94. The Balaban J connectivity index is 2.35. The number of hydrogen-bond donors (Lipinski definition) is 2. The zero-order valence-corrected chi connectivity index (χ0v) is 11.2. The molecule has 2 aromatic rings. The molecule has 0 spiro atoms. The summed E-state index contributed by atoms with van der Waals surface area (Å²) in [5, 5.41) is 22.9. The van der Waals surface area contributed by atoms with Gasteiger partial charge in [0.05, 0.1) is 27.9 Å². The number of benzene rings is 1. The monoisotopic (exact) mass is 287 g/mol. The highest BCUT2D eigenvalue weighted by Gasteiger charge is 2.17. The predicted molar refractivity (Wildman–Crippen MR) is 76.3 cm³/mol. The van der Waals surface area contributed by atoms with Gasteiger partial charge in [0.15, 0.2) is 0 Å². The average molecular weight is 287 g/mol. The van der Waals surface area contributed by atoms with Crippen LogP contribution in [0, 0.1) is 10.1 Å². The summed E-state index contributed by atoms with van der Waals surface area (Å²) in [6, 6.07) is 8.68. The summed E-state index contributed by atoms with van der Waals surface area (Å²) in [5.41, 5.74) is 0.703. The largest absolute Gasteiger partial charge is 0.478 e.